The Bertz CT molecular complexity index is 1180. The number of hydrogen-bond acceptors (Lipinski definition) is 6. The number of imidazole rings is 1. The van der Waals surface area contributed by atoms with Gasteiger partial charge in [-0.1, -0.05) is 13.3 Å². The molecule has 0 radical (unpaired) electrons. The molecule has 1 aliphatic heterocycles. The Balaban J connectivity index is 1.36. The lowest BCUT2D eigenvalue weighted by Gasteiger charge is -2.40. The molecule has 9 nitrogen and oxygen atoms in total. The molecule has 34 heavy (non-hydrogen) atoms. The van der Waals surface area contributed by atoms with Gasteiger partial charge in [0, 0.05) is 38.1 Å². The van der Waals surface area contributed by atoms with Crippen molar-refractivity contribution in [3.63, 3.8) is 0 Å². The number of rotatable bonds is 6. The first-order valence-corrected chi connectivity index (χ1v) is 11.5. The lowest BCUT2D eigenvalue weighted by molar-refractivity contribution is 0.0839. The van der Waals surface area contributed by atoms with Crippen LogP contribution < -0.4 is 10.2 Å². The van der Waals surface area contributed by atoms with Crippen LogP contribution in [0, 0.1) is 12.7 Å². The third kappa shape index (κ3) is 5.11. The van der Waals surface area contributed by atoms with Gasteiger partial charge in [-0.15, -0.1) is 0 Å². The summed E-state index contributed by atoms with van der Waals surface area (Å²) < 4.78 is 21.1. The van der Waals surface area contributed by atoms with E-state index in [2.05, 4.69) is 27.1 Å². The number of hydrogen-bond donors (Lipinski definition) is 1. The van der Waals surface area contributed by atoms with Gasteiger partial charge in [0.05, 0.1) is 29.7 Å². The summed E-state index contributed by atoms with van der Waals surface area (Å²) in [5, 5.41) is 2.70. The standard InChI is InChI=1S/C24H29FN6O3/c1-4-5-10-34-24(33)31-9-8-29(14-17(31)3)19-6-7-21(26-12-19)28-23(32)18-11-20(25)22-27-16(2)13-30(22)15-18/h6-7,11-13,15,17H,4-5,8-10,14H2,1-3H3,(H,26,28,32)/t17-/m0/s1. The highest BCUT2D eigenvalue weighted by Gasteiger charge is 2.28. The topological polar surface area (TPSA) is 92.1 Å². The van der Waals surface area contributed by atoms with Gasteiger partial charge in [-0.25, -0.2) is 19.2 Å². The molecular weight excluding hydrogens is 439 g/mol. The lowest BCUT2D eigenvalue weighted by atomic mass is 10.2. The van der Waals surface area contributed by atoms with Gasteiger partial charge in [0.1, 0.15) is 5.82 Å². The summed E-state index contributed by atoms with van der Waals surface area (Å²) in [4.78, 5) is 37.3. The second-order valence-corrected chi connectivity index (χ2v) is 8.50. The fraction of sp³-hybridized carbons (Fsp3) is 0.417. The van der Waals surface area contributed by atoms with Gasteiger partial charge in [0.25, 0.3) is 5.91 Å². The molecule has 180 valence electrons. The maximum absolute atomic E-state index is 14.3. The Morgan fingerprint density at radius 3 is 2.79 bits per heavy atom. The zero-order valence-electron chi connectivity index (χ0n) is 19.6. The van der Waals surface area contributed by atoms with Crippen LogP contribution in [-0.4, -0.2) is 63.6 Å². The predicted molar refractivity (Wildman–Crippen MR) is 127 cm³/mol. The number of amides is 2. The van der Waals surface area contributed by atoms with Gasteiger partial charge >= 0.3 is 6.09 Å². The van der Waals surface area contributed by atoms with Crippen molar-refractivity contribution < 1.29 is 18.7 Å². The highest BCUT2D eigenvalue weighted by molar-refractivity contribution is 6.03. The molecule has 4 rings (SSSR count). The SMILES string of the molecule is CCCCOC(=O)N1CCN(c2ccc(NC(=O)c3cc(F)c4nc(C)cn4c3)nc2)C[C@@H]1C. The summed E-state index contributed by atoms with van der Waals surface area (Å²) in [6, 6.07) is 4.74. The summed E-state index contributed by atoms with van der Waals surface area (Å²) in [7, 11) is 0. The number of nitrogens with zero attached hydrogens (tertiary/aromatic N) is 5. The summed E-state index contributed by atoms with van der Waals surface area (Å²) in [5.41, 5.74) is 1.91. The Morgan fingerprint density at radius 2 is 2.09 bits per heavy atom. The number of anilines is 2. The summed E-state index contributed by atoms with van der Waals surface area (Å²) in [5.74, 6) is -0.662. The lowest BCUT2D eigenvalue weighted by Crippen LogP contribution is -2.54. The number of aromatic nitrogens is 3. The quantitative estimate of drug-likeness (QED) is 0.552. The average molecular weight is 469 g/mol. The second-order valence-electron chi connectivity index (χ2n) is 8.50. The summed E-state index contributed by atoms with van der Waals surface area (Å²) >= 11 is 0. The van der Waals surface area contributed by atoms with Gasteiger partial charge in [0.15, 0.2) is 11.5 Å². The molecule has 1 aliphatic rings. The highest BCUT2D eigenvalue weighted by atomic mass is 19.1. The van der Waals surface area contributed by atoms with E-state index in [1.807, 2.05) is 13.0 Å². The van der Waals surface area contributed by atoms with E-state index < -0.39 is 11.7 Å². The zero-order valence-corrected chi connectivity index (χ0v) is 19.6. The molecule has 0 spiro atoms. The fourth-order valence-corrected chi connectivity index (χ4v) is 3.99. The van der Waals surface area contributed by atoms with E-state index >= 15 is 0 Å². The first-order chi connectivity index (χ1) is 16.4. The normalized spacial score (nSPS) is 16.1. The monoisotopic (exact) mass is 468 g/mol. The van der Waals surface area contributed by atoms with Crippen LogP contribution in [0.5, 0.6) is 0 Å². The molecule has 3 aromatic rings. The number of carbonyl (C=O) groups is 2. The highest BCUT2D eigenvalue weighted by Crippen LogP contribution is 2.21. The first-order valence-electron chi connectivity index (χ1n) is 11.5. The van der Waals surface area contributed by atoms with Gasteiger partial charge in [-0.05, 0) is 38.5 Å². The van der Waals surface area contributed by atoms with Crippen LogP contribution in [0.3, 0.4) is 0 Å². The van der Waals surface area contributed by atoms with E-state index in [0.29, 0.717) is 37.8 Å². The van der Waals surface area contributed by atoms with E-state index in [-0.39, 0.29) is 23.3 Å². The number of nitrogens with one attached hydrogen (secondary N) is 1. The number of carbonyl (C=O) groups excluding carboxylic acids is 2. The van der Waals surface area contributed by atoms with Crippen LogP contribution in [0.2, 0.25) is 0 Å². The van der Waals surface area contributed by atoms with Crippen molar-refractivity contribution in [1.29, 1.82) is 0 Å². The zero-order chi connectivity index (χ0) is 24.2. The molecule has 1 fully saturated rings. The Hall–Kier alpha value is -3.69. The molecule has 2 amide bonds. The largest absolute Gasteiger partial charge is 0.449 e. The number of fused-ring (bicyclic) bond motifs is 1. The van der Waals surface area contributed by atoms with Crippen molar-refractivity contribution in [3.05, 3.63) is 53.9 Å². The predicted octanol–water partition coefficient (Wildman–Crippen LogP) is 3.88. The molecule has 0 aliphatic carbocycles. The van der Waals surface area contributed by atoms with Gasteiger partial charge < -0.3 is 24.3 Å². The molecule has 0 saturated carbocycles. The van der Waals surface area contributed by atoms with E-state index in [9.17, 15) is 14.0 Å². The van der Waals surface area contributed by atoms with E-state index in [1.165, 1.54) is 16.7 Å². The number of ether oxygens (including phenoxy) is 1. The number of halogens is 1. The molecule has 0 bridgehead atoms. The molecule has 0 aromatic carbocycles. The molecular formula is C24H29FN6O3. The van der Waals surface area contributed by atoms with Crippen molar-refractivity contribution in [1.82, 2.24) is 19.3 Å². The molecule has 1 saturated heterocycles. The minimum atomic E-state index is -0.563. The number of aryl methyl sites for hydroxylation is 1. The molecule has 4 heterocycles. The van der Waals surface area contributed by atoms with Crippen molar-refractivity contribution in [2.75, 3.05) is 36.5 Å². The minimum absolute atomic E-state index is 0.00103. The van der Waals surface area contributed by atoms with Crippen molar-refractivity contribution in [2.45, 2.75) is 39.7 Å². The Labute approximate surface area is 197 Å². The van der Waals surface area contributed by atoms with Crippen molar-refractivity contribution >= 4 is 29.2 Å². The maximum Gasteiger partial charge on any atom is 0.410 e. The second kappa shape index (κ2) is 10.1. The molecule has 0 unspecified atom stereocenters. The molecule has 1 atom stereocenters. The first kappa shape index (κ1) is 23.5. The van der Waals surface area contributed by atoms with Gasteiger partial charge in [-0.3, -0.25) is 4.79 Å². The molecule has 10 heteroatoms. The van der Waals surface area contributed by atoms with E-state index in [0.717, 1.165) is 18.5 Å². The van der Waals surface area contributed by atoms with Crippen molar-refractivity contribution in [3.8, 4) is 0 Å². The minimum Gasteiger partial charge on any atom is -0.449 e. The van der Waals surface area contributed by atoms with Crippen LogP contribution in [-0.2, 0) is 4.74 Å². The molecule has 3 aromatic heterocycles. The number of unbranched alkanes of at least 4 members (excludes halogenated alkanes) is 1. The average Bonchev–Trinajstić information content (AvgIpc) is 3.20. The van der Waals surface area contributed by atoms with E-state index in [1.54, 1.807) is 30.3 Å². The van der Waals surface area contributed by atoms with Gasteiger partial charge in [-0.2, -0.15) is 0 Å². The summed E-state index contributed by atoms with van der Waals surface area (Å²) in [6.07, 6.45) is 6.46. The van der Waals surface area contributed by atoms with Crippen LogP contribution in [0.4, 0.5) is 20.7 Å². The number of piperazine rings is 1. The summed E-state index contributed by atoms with van der Waals surface area (Å²) in [6.45, 7) is 8.13. The Morgan fingerprint density at radius 1 is 1.26 bits per heavy atom. The third-order valence-electron chi connectivity index (χ3n) is 5.83. The fourth-order valence-electron chi connectivity index (χ4n) is 3.99. The van der Waals surface area contributed by atoms with E-state index in [4.69, 9.17) is 4.74 Å². The van der Waals surface area contributed by atoms with Crippen LogP contribution in [0.15, 0.2) is 36.8 Å². The Kier molecular flexibility index (Phi) is 6.95. The smallest absolute Gasteiger partial charge is 0.410 e. The van der Waals surface area contributed by atoms with Gasteiger partial charge in [0.2, 0.25) is 0 Å². The van der Waals surface area contributed by atoms with Crippen LogP contribution in [0.1, 0.15) is 42.7 Å². The van der Waals surface area contributed by atoms with Crippen LogP contribution in [0.25, 0.3) is 5.65 Å². The van der Waals surface area contributed by atoms with Crippen molar-refractivity contribution in [2.24, 2.45) is 0 Å². The van der Waals surface area contributed by atoms with Crippen LogP contribution >= 0.6 is 0 Å². The molecule has 1 N–H and O–H groups in total. The maximum atomic E-state index is 14.3. The number of pyridine rings is 2. The third-order valence-corrected chi connectivity index (χ3v) is 5.83.